The number of halogens is 2. The lowest BCUT2D eigenvalue weighted by molar-refractivity contribution is 1.11. The summed E-state index contributed by atoms with van der Waals surface area (Å²) in [6.45, 7) is 4.73. The van der Waals surface area contributed by atoms with Crippen LogP contribution in [0.5, 0.6) is 0 Å². The lowest BCUT2D eigenvalue weighted by Gasteiger charge is -2.11. The second kappa shape index (κ2) is 5.59. The van der Waals surface area contributed by atoms with Crippen LogP contribution in [-0.4, -0.2) is 4.98 Å². The summed E-state index contributed by atoms with van der Waals surface area (Å²) in [6, 6.07) is 7.85. The summed E-state index contributed by atoms with van der Waals surface area (Å²) in [5.41, 5.74) is 4.28. The molecule has 2 rings (SSSR count). The minimum Gasteiger partial charge on any atom is -0.378 e. The molecule has 18 heavy (non-hydrogen) atoms. The Morgan fingerprint density at radius 1 is 1.17 bits per heavy atom. The van der Waals surface area contributed by atoms with Gasteiger partial charge in [0, 0.05) is 17.8 Å². The molecule has 0 atom stereocenters. The van der Waals surface area contributed by atoms with Gasteiger partial charge in [-0.25, -0.2) is 4.98 Å². The predicted octanol–water partition coefficient (Wildman–Crippen LogP) is 4.62. The van der Waals surface area contributed by atoms with Crippen molar-refractivity contribution in [1.82, 2.24) is 4.98 Å². The number of rotatable bonds is 3. The van der Waals surface area contributed by atoms with Gasteiger partial charge in [-0.1, -0.05) is 29.3 Å². The Balaban J connectivity index is 2.13. The Morgan fingerprint density at radius 2 is 1.94 bits per heavy atom. The van der Waals surface area contributed by atoms with Crippen molar-refractivity contribution in [2.75, 3.05) is 5.32 Å². The molecule has 1 heterocycles. The average molecular weight is 281 g/mol. The Bertz CT molecular complexity index is 568. The van der Waals surface area contributed by atoms with Crippen molar-refractivity contribution in [3.63, 3.8) is 0 Å². The van der Waals surface area contributed by atoms with Gasteiger partial charge < -0.3 is 5.32 Å². The molecule has 1 aromatic heterocycles. The molecule has 0 bridgehead atoms. The number of hydrogen-bond acceptors (Lipinski definition) is 2. The largest absolute Gasteiger partial charge is 0.378 e. The Kier molecular flexibility index (Phi) is 4.10. The molecule has 0 amide bonds. The van der Waals surface area contributed by atoms with Gasteiger partial charge in [-0.15, -0.1) is 0 Å². The zero-order chi connectivity index (χ0) is 13.1. The van der Waals surface area contributed by atoms with E-state index in [1.165, 1.54) is 5.56 Å². The number of aromatic nitrogens is 1. The first kappa shape index (κ1) is 13.2. The van der Waals surface area contributed by atoms with Crippen LogP contribution < -0.4 is 5.32 Å². The highest BCUT2D eigenvalue weighted by Gasteiger charge is 2.03. The maximum atomic E-state index is 6.03. The fourth-order valence-electron chi connectivity index (χ4n) is 1.72. The van der Waals surface area contributed by atoms with Crippen molar-refractivity contribution >= 4 is 28.9 Å². The predicted molar refractivity (Wildman–Crippen MR) is 77.5 cm³/mol. The van der Waals surface area contributed by atoms with Crippen LogP contribution >= 0.6 is 23.2 Å². The normalized spacial score (nSPS) is 10.4. The van der Waals surface area contributed by atoms with Gasteiger partial charge >= 0.3 is 0 Å². The number of nitrogens with one attached hydrogen (secondary N) is 1. The monoisotopic (exact) mass is 280 g/mol. The lowest BCUT2D eigenvalue weighted by atomic mass is 10.1. The zero-order valence-corrected chi connectivity index (χ0v) is 11.8. The van der Waals surface area contributed by atoms with E-state index in [-0.39, 0.29) is 0 Å². The molecule has 0 radical (unpaired) electrons. The van der Waals surface area contributed by atoms with Gasteiger partial charge in [0.05, 0.1) is 5.69 Å². The summed E-state index contributed by atoms with van der Waals surface area (Å²) in [5, 5.41) is 4.54. The van der Waals surface area contributed by atoms with Crippen molar-refractivity contribution in [2.45, 2.75) is 20.4 Å². The fourth-order valence-corrected chi connectivity index (χ4v) is 2.12. The highest BCUT2D eigenvalue weighted by Crippen LogP contribution is 2.22. The number of nitrogens with zero attached hydrogens (tertiary/aromatic N) is 1. The maximum absolute atomic E-state index is 6.03. The zero-order valence-electron chi connectivity index (χ0n) is 10.3. The van der Waals surface area contributed by atoms with Crippen molar-refractivity contribution in [1.29, 1.82) is 0 Å². The molecule has 2 aromatic rings. The number of benzene rings is 1. The molecule has 0 aliphatic heterocycles. The van der Waals surface area contributed by atoms with E-state index in [0.29, 0.717) is 11.7 Å². The van der Waals surface area contributed by atoms with Crippen LogP contribution in [0, 0.1) is 13.8 Å². The molecule has 0 fully saturated rings. The number of anilines is 1. The second-order valence-corrected chi connectivity index (χ2v) is 5.07. The van der Waals surface area contributed by atoms with Crippen LogP contribution in [0.3, 0.4) is 0 Å². The molecule has 0 saturated heterocycles. The highest BCUT2D eigenvalue weighted by atomic mass is 35.5. The third kappa shape index (κ3) is 3.15. The second-order valence-electron chi connectivity index (χ2n) is 4.28. The first-order valence-electron chi connectivity index (χ1n) is 5.67. The molecule has 0 aliphatic rings. The van der Waals surface area contributed by atoms with E-state index >= 15 is 0 Å². The molecular weight excluding hydrogens is 267 g/mol. The Labute approximate surface area is 117 Å². The van der Waals surface area contributed by atoms with Gasteiger partial charge in [0.15, 0.2) is 5.15 Å². The maximum Gasteiger partial charge on any atom is 0.152 e. The van der Waals surface area contributed by atoms with E-state index in [4.69, 9.17) is 23.2 Å². The SMILES string of the molecule is Cc1cnc(Cl)c(NCc2ccc(Cl)cc2C)c1. The van der Waals surface area contributed by atoms with Crippen LogP contribution in [0.25, 0.3) is 0 Å². The Hall–Kier alpha value is -1.25. The van der Waals surface area contributed by atoms with E-state index in [2.05, 4.69) is 10.3 Å². The Morgan fingerprint density at radius 3 is 2.67 bits per heavy atom. The summed E-state index contributed by atoms with van der Waals surface area (Å²) >= 11 is 12.0. The number of aryl methyl sites for hydroxylation is 2. The quantitative estimate of drug-likeness (QED) is 0.830. The van der Waals surface area contributed by atoms with Crippen LogP contribution in [-0.2, 0) is 6.54 Å². The van der Waals surface area contributed by atoms with Crippen molar-refractivity contribution < 1.29 is 0 Å². The van der Waals surface area contributed by atoms with Crippen molar-refractivity contribution in [3.05, 3.63) is 57.3 Å². The van der Waals surface area contributed by atoms with E-state index in [1.54, 1.807) is 6.20 Å². The summed E-state index contributed by atoms with van der Waals surface area (Å²) in [5.74, 6) is 0. The summed E-state index contributed by atoms with van der Waals surface area (Å²) in [6.07, 6.45) is 1.75. The van der Waals surface area contributed by atoms with Crippen molar-refractivity contribution in [3.8, 4) is 0 Å². The summed E-state index contributed by atoms with van der Waals surface area (Å²) in [7, 11) is 0. The van der Waals surface area contributed by atoms with Gasteiger partial charge in [-0.3, -0.25) is 0 Å². The third-order valence-corrected chi connectivity index (χ3v) is 3.29. The van der Waals surface area contributed by atoms with E-state index in [0.717, 1.165) is 21.8 Å². The van der Waals surface area contributed by atoms with E-state index < -0.39 is 0 Å². The van der Waals surface area contributed by atoms with Crippen LogP contribution in [0.15, 0.2) is 30.5 Å². The van der Waals surface area contributed by atoms with Gasteiger partial charge in [-0.2, -0.15) is 0 Å². The van der Waals surface area contributed by atoms with Crippen LogP contribution in [0.1, 0.15) is 16.7 Å². The van der Waals surface area contributed by atoms with E-state index in [9.17, 15) is 0 Å². The molecular formula is C14H14Cl2N2. The molecule has 1 N–H and O–H groups in total. The number of pyridine rings is 1. The standard InChI is InChI=1S/C14H14Cl2N2/c1-9-5-13(14(16)18-7-9)17-8-11-3-4-12(15)6-10(11)2/h3-7,17H,8H2,1-2H3. The first-order chi connectivity index (χ1) is 8.56. The van der Waals surface area contributed by atoms with Gasteiger partial charge in [0.25, 0.3) is 0 Å². The lowest BCUT2D eigenvalue weighted by Crippen LogP contribution is -2.02. The fraction of sp³-hybridized carbons (Fsp3) is 0.214. The van der Waals surface area contributed by atoms with Crippen molar-refractivity contribution in [2.24, 2.45) is 0 Å². The smallest absolute Gasteiger partial charge is 0.152 e. The minimum atomic E-state index is 0.493. The molecule has 1 aromatic carbocycles. The molecule has 0 spiro atoms. The molecule has 0 saturated carbocycles. The van der Waals surface area contributed by atoms with Crippen LogP contribution in [0.2, 0.25) is 10.2 Å². The first-order valence-corrected chi connectivity index (χ1v) is 6.43. The topological polar surface area (TPSA) is 24.9 Å². The van der Waals surface area contributed by atoms with Gasteiger partial charge in [-0.05, 0) is 48.7 Å². The van der Waals surface area contributed by atoms with Gasteiger partial charge in [0.2, 0.25) is 0 Å². The molecule has 94 valence electrons. The molecule has 0 unspecified atom stereocenters. The molecule has 0 aliphatic carbocycles. The summed E-state index contributed by atoms with van der Waals surface area (Å²) < 4.78 is 0. The average Bonchev–Trinajstić information content (AvgIpc) is 2.32. The minimum absolute atomic E-state index is 0.493. The molecule has 2 nitrogen and oxygen atoms in total. The van der Waals surface area contributed by atoms with Crippen LogP contribution in [0.4, 0.5) is 5.69 Å². The molecule has 4 heteroatoms. The highest BCUT2D eigenvalue weighted by molar-refractivity contribution is 6.32. The van der Waals surface area contributed by atoms with E-state index in [1.807, 2.05) is 38.1 Å². The van der Waals surface area contributed by atoms with Gasteiger partial charge in [0.1, 0.15) is 0 Å². The third-order valence-electron chi connectivity index (χ3n) is 2.75. The summed E-state index contributed by atoms with van der Waals surface area (Å²) in [4.78, 5) is 4.11. The number of hydrogen-bond donors (Lipinski definition) is 1.